The Bertz CT molecular complexity index is 359. The van der Waals surface area contributed by atoms with Crippen molar-refractivity contribution in [1.82, 2.24) is 10.3 Å². The molecule has 0 aromatic carbocycles. The Morgan fingerprint density at radius 3 is 2.80 bits per heavy atom. The fourth-order valence-electron chi connectivity index (χ4n) is 1.74. The van der Waals surface area contributed by atoms with Gasteiger partial charge < -0.3 is 10.2 Å². The molecule has 0 bridgehead atoms. The number of aldehydes is 1. The van der Waals surface area contributed by atoms with Gasteiger partial charge in [-0.05, 0) is 18.6 Å². The fraction of sp³-hybridized carbons (Fsp3) is 0.455. The van der Waals surface area contributed by atoms with Crippen molar-refractivity contribution in [2.24, 2.45) is 0 Å². The maximum absolute atomic E-state index is 10.7. The van der Waals surface area contributed by atoms with E-state index in [0.717, 1.165) is 43.8 Å². The average molecular weight is 205 g/mol. The number of aromatic nitrogens is 1. The molecule has 0 saturated carbocycles. The van der Waals surface area contributed by atoms with Gasteiger partial charge in [0, 0.05) is 37.9 Å². The van der Waals surface area contributed by atoms with Crippen molar-refractivity contribution >= 4 is 12.1 Å². The number of carbonyl (C=O) groups excluding carboxylic acids is 1. The zero-order chi connectivity index (χ0) is 10.7. The molecule has 1 fully saturated rings. The summed E-state index contributed by atoms with van der Waals surface area (Å²) in [5.41, 5.74) is 1.67. The van der Waals surface area contributed by atoms with Gasteiger partial charge in [0.15, 0.2) is 6.29 Å². The van der Waals surface area contributed by atoms with Gasteiger partial charge in [-0.1, -0.05) is 0 Å². The molecule has 1 aliphatic heterocycles. The molecule has 1 aromatic heterocycles. The Morgan fingerprint density at radius 1 is 1.47 bits per heavy atom. The van der Waals surface area contributed by atoms with Gasteiger partial charge in [0.1, 0.15) is 5.82 Å². The highest BCUT2D eigenvalue weighted by Gasteiger charge is 2.12. The van der Waals surface area contributed by atoms with Crippen LogP contribution in [0, 0.1) is 6.92 Å². The van der Waals surface area contributed by atoms with Crippen LogP contribution in [0.5, 0.6) is 0 Å². The third-order valence-electron chi connectivity index (χ3n) is 2.70. The van der Waals surface area contributed by atoms with Crippen LogP contribution in [-0.4, -0.2) is 37.4 Å². The Morgan fingerprint density at radius 2 is 2.20 bits per heavy atom. The van der Waals surface area contributed by atoms with Gasteiger partial charge in [-0.15, -0.1) is 0 Å². The molecule has 0 atom stereocenters. The molecule has 2 heterocycles. The molecule has 80 valence electrons. The molecule has 1 aromatic rings. The van der Waals surface area contributed by atoms with Crippen molar-refractivity contribution < 1.29 is 4.79 Å². The first kappa shape index (κ1) is 10.1. The van der Waals surface area contributed by atoms with E-state index in [9.17, 15) is 4.79 Å². The Kier molecular flexibility index (Phi) is 2.97. The summed E-state index contributed by atoms with van der Waals surface area (Å²) in [7, 11) is 0. The second kappa shape index (κ2) is 4.40. The Balaban J connectivity index is 2.21. The second-order valence-corrected chi connectivity index (χ2v) is 3.75. The van der Waals surface area contributed by atoms with Crippen LogP contribution >= 0.6 is 0 Å². The lowest BCUT2D eigenvalue weighted by molar-refractivity contribution is 0.112. The maximum atomic E-state index is 10.7. The summed E-state index contributed by atoms with van der Waals surface area (Å²) >= 11 is 0. The van der Waals surface area contributed by atoms with E-state index in [0.29, 0.717) is 5.56 Å². The predicted octanol–water partition coefficient (Wildman–Crippen LogP) is 0.612. The lowest BCUT2D eigenvalue weighted by atomic mass is 10.2. The van der Waals surface area contributed by atoms with Crippen LogP contribution in [0.25, 0.3) is 0 Å². The Labute approximate surface area is 89.3 Å². The lowest BCUT2D eigenvalue weighted by Crippen LogP contribution is -2.43. The number of hydrogen-bond donors (Lipinski definition) is 1. The molecule has 0 amide bonds. The van der Waals surface area contributed by atoms with Crippen LogP contribution in [0.2, 0.25) is 0 Å². The summed E-state index contributed by atoms with van der Waals surface area (Å²) in [4.78, 5) is 17.2. The highest BCUT2D eigenvalue weighted by Crippen LogP contribution is 2.15. The second-order valence-electron chi connectivity index (χ2n) is 3.75. The van der Waals surface area contributed by atoms with E-state index in [1.54, 1.807) is 6.20 Å². The number of nitrogens with one attached hydrogen (secondary N) is 1. The quantitative estimate of drug-likeness (QED) is 0.719. The average Bonchev–Trinajstić information content (AvgIpc) is 2.30. The van der Waals surface area contributed by atoms with E-state index < -0.39 is 0 Å². The van der Waals surface area contributed by atoms with Crippen molar-refractivity contribution in [3.8, 4) is 0 Å². The number of nitrogens with zero attached hydrogens (tertiary/aromatic N) is 2. The largest absolute Gasteiger partial charge is 0.354 e. The molecule has 0 spiro atoms. The zero-order valence-corrected chi connectivity index (χ0v) is 8.86. The smallest absolute Gasteiger partial charge is 0.151 e. The molecule has 0 unspecified atom stereocenters. The van der Waals surface area contributed by atoms with Crippen LogP contribution < -0.4 is 10.2 Å². The van der Waals surface area contributed by atoms with Crippen molar-refractivity contribution in [2.75, 3.05) is 31.1 Å². The maximum Gasteiger partial charge on any atom is 0.151 e. The van der Waals surface area contributed by atoms with E-state index in [2.05, 4.69) is 15.2 Å². The normalized spacial score (nSPS) is 16.5. The first-order valence-corrected chi connectivity index (χ1v) is 5.19. The third kappa shape index (κ3) is 2.15. The zero-order valence-electron chi connectivity index (χ0n) is 8.86. The first-order chi connectivity index (χ1) is 7.31. The van der Waals surface area contributed by atoms with E-state index in [1.165, 1.54) is 0 Å². The predicted molar refractivity (Wildman–Crippen MR) is 59.4 cm³/mol. The molecular formula is C11H15N3O. The standard InChI is InChI=1S/C11H15N3O/c1-9-6-11(13-7-10(9)8-15)14-4-2-12-3-5-14/h6-8,12H,2-5H2,1H3. The number of piperazine rings is 1. The monoisotopic (exact) mass is 205 g/mol. The van der Waals surface area contributed by atoms with E-state index in [1.807, 2.05) is 13.0 Å². The van der Waals surface area contributed by atoms with Gasteiger partial charge >= 0.3 is 0 Å². The van der Waals surface area contributed by atoms with Crippen molar-refractivity contribution in [1.29, 1.82) is 0 Å². The number of rotatable bonds is 2. The molecule has 4 heteroatoms. The highest BCUT2D eigenvalue weighted by molar-refractivity contribution is 5.77. The molecule has 1 saturated heterocycles. The van der Waals surface area contributed by atoms with E-state index in [4.69, 9.17) is 0 Å². The van der Waals surface area contributed by atoms with Crippen molar-refractivity contribution in [2.45, 2.75) is 6.92 Å². The molecule has 0 radical (unpaired) electrons. The molecule has 1 N–H and O–H groups in total. The molecule has 0 aliphatic carbocycles. The minimum atomic E-state index is 0.675. The number of anilines is 1. The number of hydrogen-bond acceptors (Lipinski definition) is 4. The molecular weight excluding hydrogens is 190 g/mol. The lowest BCUT2D eigenvalue weighted by Gasteiger charge is -2.28. The fourth-order valence-corrected chi connectivity index (χ4v) is 1.74. The number of pyridine rings is 1. The van der Waals surface area contributed by atoms with Crippen LogP contribution in [0.1, 0.15) is 15.9 Å². The summed E-state index contributed by atoms with van der Waals surface area (Å²) in [6.07, 6.45) is 2.50. The summed E-state index contributed by atoms with van der Waals surface area (Å²) in [6, 6.07) is 1.98. The van der Waals surface area contributed by atoms with Gasteiger partial charge in [-0.2, -0.15) is 0 Å². The molecule has 1 aliphatic rings. The van der Waals surface area contributed by atoms with Crippen molar-refractivity contribution in [3.63, 3.8) is 0 Å². The number of carbonyl (C=O) groups is 1. The summed E-state index contributed by atoms with van der Waals surface area (Å²) in [5, 5.41) is 3.30. The van der Waals surface area contributed by atoms with Crippen LogP contribution in [0.4, 0.5) is 5.82 Å². The topological polar surface area (TPSA) is 45.2 Å². The molecule has 4 nitrogen and oxygen atoms in total. The SMILES string of the molecule is Cc1cc(N2CCNCC2)ncc1C=O. The molecule has 15 heavy (non-hydrogen) atoms. The highest BCUT2D eigenvalue weighted by atomic mass is 16.1. The van der Waals surface area contributed by atoms with Gasteiger partial charge in [0.05, 0.1) is 0 Å². The first-order valence-electron chi connectivity index (χ1n) is 5.19. The third-order valence-corrected chi connectivity index (χ3v) is 2.70. The van der Waals surface area contributed by atoms with Crippen molar-refractivity contribution in [3.05, 3.63) is 23.4 Å². The summed E-state index contributed by atoms with van der Waals surface area (Å²) in [5.74, 6) is 0.972. The minimum Gasteiger partial charge on any atom is -0.354 e. The van der Waals surface area contributed by atoms with Gasteiger partial charge in [-0.25, -0.2) is 4.98 Å². The van der Waals surface area contributed by atoms with Crippen LogP contribution in [0.15, 0.2) is 12.3 Å². The summed E-state index contributed by atoms with van der Waals surface area (Å²) < 4.78 is 0. The van der Waals surface area contributed by atoms with E-state index >= 15 is 0 Å². The van der Waals surface area contributed by atoms with E-state index in [-0.39, 0.29) is 0 Å². The molecule has 2 rings (SSSR count). The van der Waals surface area contributed by atoms with Crippen LogP contribution in [-0.2, 0) is 0 Å². The van der Waals surface area contributed by atoms with Gasteiger partial charge in [0.25, 0.3) is 0 Å². The summed E-state index contributed by atoms with van der Waals surface area (Å²) in [6.45, 7) is 5.89. The van der Waals surface area contributed by atoms with Gasteiger partial charge in [0.2, 0.25) is 0 Å². The van der Waals surface area contributed by atoms with Gasteiger partial charge in [-0.3, -0.25) is 4.79 Å². The Hall–Kier alpha value is -1.42. The number of aryl methyl sites for hydroxylation is 1. The van der Waals surface area contributed by atoms with Crippen LogP contribution in [0.3, 0.4) is 0 Å². The minimum absolute atomic E-state index is 0.675.